The lowest BCUT2D eigenvalue weighted by molar-refractivity contribution is -0.308. The highest BCUT2D eigenvalue weighted by atomic mass is 19.4. The summed E-state index contributed by atoms with van der Waals surface area (Å²) in [5.41, 5.74) is -0.971. The molecule has 2 heterocycles. The lowest BCUT2D eigenvalue weighted by atomic mass is 9.72. The second-order valence-electron chi connectivity index (χ2n) is 8.17. The first-order chi connectivity index (χ1) is 12.5. The molecule has 0 N–H and O–H groups in total. The molecule has 12 heteroatoms. The molecule has 0 aromatic rings. The first-order valence-electron chi connectivity index (χ1n) is 8.59. The number of piperidine rings is 1. The number of carbonyl (C=O) groups is 2. The number of hydrogen-bond donors (Lipinski definition) is 0. The van der Waals surface area contributed by atoms with Gasteiger partial charge in [0.1, 0.15) is 5.60 Å². The molecule has 0 aromatic carbocycles. The number of alkyl halides is 6. The number of halogens is 6. The Morgan fingerprint density at radius 1 is 0.857 bits per heavy atom. The molecule has 2 amide bonds. The second-order valence-corrected chi connectivity index (χ2v) is 8.17. The van der Waals surface area contributed by atoms with Crippen LogP contribution in [0.4, 0.5) is 35.9 Å². The molecule has 2 rings (SSSR count). The Morgan fingerprint density at radius 3 is 1.71 bits per heavy atom. The molecule has 2 saturated heterocycles. The summed E-state index contributed by atoms with van der Waals surface area (Å²) in [6.07, 6.45) is -17.1. The summed E-state index contributed by atoms with van der Waals surface area (Å²) in [7, 11) is 0. The van der Waals surface area contributed by atoms with E-state index >= 15 is 0 Å². The van der Waals surface area contributed by atoms with Crippen LogP contribution < -0.4 is 0 Å². The number of rotatable bonds is 1. The van der Waals surface area contributed by atoms with E-state index in [4.69, 9.17) is 4.74 Å². The summed E-state index contributed by atoms with van der Waals surface area (Å²) in [5, 5.41) is 0. The lowest BCUT2D eigenvalue weighted by Gasteiger charge is -2.53. The van der Waals surface area contributed by atoms with E-state index in [9.17, 15) is 35.9 Å². The number of hydrogen-bond acceptors (Lipinski definition) is 4. The average molecular weight is 420 g/mol. The Balaban J connectivity index is 1.86. The van der Waals surface area contributed by atoms with Gasteiger partial charge in [-0.1, -0.05) is 0 Å². The molecular formula is C16H22F6N2O4. The van der Waals surface area contributed by atoms with Gasteiger partial charge >= 0.3 is 24.5 Å². The Bertz CT molecular complexity index is 584. The minimum atomic E-state index is -5.74. The number of likely N-dealkylation sites (tertiary alicyclic amines) is 2. The fraction of sp³-hybridized carbons (Fsp3) is 0.875. The fourth-order valence-electron chi connectivity index (χ4n) is 3.19. The molecule has 1 spiro atoms. The van der Waals surface area contributed by atoms with Crippen LogP contribution >= 0.6 is 0 Å². The van der Waals surface area contributed by atoms with E-state index < -0.39 is 36.2 Å². The molecule has 2 aliphatic rings. The molecule has 162 valence electrons. The van der Waals surface area contributed by atoms with E-state index in [2.05, 4.69) is 4.74 Å². The van der Waals surface area contributed by atoms with Crippen molar-refractivity contribution in [3.8, 4) is 0 Å². The highest BCUT2D eigenvalue weighted by Crippen LogP contribution is 2.42. The van der Waals surface area contributed by atoms with Crippen molar-refractivity contribution in [2.24, 2.45) is 5.41 Å². The topological polar surface area (TPSA) is 59.1 Å². The van der Waals surface area contributed by atoms with Crippen molar-refractivity contribution in [3.05, 3.63) is 0 Å². The van der Waals surface area contributed by atoms with Crippen LogP contribution in [0.3, 0.4) is 0 Å². The minimum Gasteiger partial charge on any atom is -0.444 e. The summed E-state index contributed by atoms with van der Waals surface area (Å²) < 4.78 is 83.9. The van der Waals surface area contributed by atoms with Crippen LogP contribution in [0, 0.1) is 5.41 Å². The molecule has 0 atom stereocenters. The average Bonchev–Trinajstić information content (AvgIpc) is 2.46. The van der Waals surface area contributed by atoms with Gasteiger partial charge < -0.3 is 19.3 Å². The normalized spacial score (nSPS) is 20.2. The maximum Gasteiger partial charge on any atom is 0.434 e. The molecule has 0 unspecified atom stereocenters. The van der Waals surface area contributed by atoms with E-state index in [0.29, 0.717) is 25.9 Å². The van der Waals surface area contributed by atoms with Gasteiger partial charge in [0, 0.05) is 31.6 Å². The molecule has 0 radical (unpaired) electrons. The van der Waals surface area contributed by atoms with Gasteiger partial charge in [0.15, 0.2) is 0 Å². The van der Waals surface area contributed by atoms with E-state index in [1.54, 1.807) is 20.8 Å². The van der Waals surface area contributed by atoms with Gasteiger partial charge in [-0.2, -0.15) is 26.3 Å². The SMILES string of the molecule is CC(C)(C)OC(=O)N1CC2(CCN(C(=O)OC(C(F)(F)F)C(F)(F)F)CC2)C1. The Kier molecular flexibility index (Phi) is 5.75. The van der Waals surface area contributed by atoms with E-state index in [0.717, 1.165) is 4.90 Å². The first-order valence-corrected chi connectivity index (χ1v) is 8.59. The molecule has 0 aromatic heterocycles. The third-order valence-corrected chi connectivity index (χ3v) is 4.60. The molecule has 28 heavy (non-hydrogen) atoms. The summed E-state index contributed by atoms with van der Waals surface area (Å²) in [4.78, 5) is 26.0. The van der Waals surface area contributed by atoms with Gasteiger partial charge in [-0.05, 0) is 33.6 Å². The molecule has 2 aliphatic heterocycles. The zero-order valence-corrected chi connectivity index (χ0v) is 15.6. The van der Waals surface area contributed by atoms with Crippen molar-refractivity contribution in [3.63, 3.8) is 0 Å². The minimum absolute atomic E-state index is 0.0522. The Morgan fingerprint density at radius 2 is 1.32 bits per heavy atom. The van der Waals surface area contributed by atoms with Crippen molar-refractivity contribution in [2.75, 3.05) is 26.2 Å². The Labute approximate surface area is 157 Å². The molecule has 0 saturated carbocycles. The van der Waals surface area contributed by atoms with Crippen LogP contribution in [0.5, 0.6) is 0 Å². The highest BCUT2D eigenvalue weighted by Gasteiger charge is 2.60. The summed E-state index contributed by atoms with van der Waals surface area (Å²) >= 11 is 0. The van der Waals surface area contributed by atoms with Gasteiger partial charge in [-0.25, -0.2) is 9.59 Å². The Hall–Kier alpha value is -1.88. The monoisotopic (exact) mass is 420 g/mol. The first kappa shape index (κ1) is 22.4. The maximum absolute atomic E-state index is 12.5. The van der Waals surface area contributed by atoms with Crippen LogP contribution in [0.2, 0.25) is 0 Å². The van der Waals surface area contributed by atoms with Crippen molar-refractivity contribution in [1.29, 1.82) is 0 Å². The smallest absolute Gasteiger partial charge is 0.434 e. The van der Waals surface area contributed by atoms with Crippen LogP contribution in [0.1, 0.15) is 33.6 Å². The van der Waals surface area contributed by atoms with Crippen LogP contribution in [0.15, 0.2) is 0 Å². The van der Waals surface area contributed by atoms with Crippen LogP contribution in [-0.4, -0.2) is 72.2 Å². The van der Waals surface area contributed by atoms with Gasteiger partial charge in [0.05, 0.1) is 0 Å². The van der Waals surface area contributed by atoms with Crippen LogP contribution in [-0.2, 0) is 9.47 Å². The van der Waals surface area contributed by atoms with Crippen molar-refractivity contribution in [1.82, 2.24) is 9.80 Å². The van der Waals surface area contributed by atoms with Gasteiger partial charge in [0.25, 0.3) is 6.10 Å². The number of amides is 2. The fourth-order valence-corrected chi connectivity index (χ4v) is 3.19. The highest BCUT2D eigenvalue weighted by molar-refractivity contribution is 5.70. The predicted molar refractivity (Wildman–Crippen MR) is 83.4 cm³/mol. The summed E-state index contributed by atoms with van der Waals surface area (Å²) in [5.74, 6) is 0. The second kappa shape index (κ2) is 7.18. The molecular weight excluding hydrogens is 398 g/mol. The van der Waals surface area contributed by atoms with E-state index in [-0.39, 0.29) is 18.5 Å². The molecule has 0 aliphatic carbocycles. The lowest BCUT2D eigenvalue weighted by Crippen LogP contribution is -2.63. The zero-order valence-electron chi connectivity index (χ0n) is 15.6. The predicted octanol–water partition coefficient (Wildman–Crippen LogP) is 3.95. The van der Waals surface area contributed by atoms with Gasteiger partial charge in [-0.3, -0.25) is 0 Å². The zero-order chi connectivity index (χ0) is 21.5. The largest absolute Gasteiger partial charge is 0.444 e. The van der Waals surface area contributed by atoms with Gasteiger partial charge in [-0.15, -0.1) is 0 Å². The standard InChI is InChI=1S/C16H22F6N2O4/c1-13(2,3)28-12(26)24-8-14(9-24)4-6-23(7-5-14)11(25)27-10(15(17,18)19)16(20,21)22/h10H,4-9H2,1-3H3. The van der Waals surface area contributed by atoms with Crippen molar-refractivity contribution in [2.45, 2.75) is 57.7 Å². The third-order valence-electron chi connectivity index (χ3n) is 4.60. The van der Waals surface area contributed by atoms with Gasteiger partial charge in [0.2, 0.25) is 0 Å². The molecule has 2 fully saturated rings. The van der Waals surface area contributed by atoms with E-state index in [1.165, 1.54) is 4.90 Å². The van der Waals surface area contributed by atoms with Crippen molar-refractivity contribution >= 4 is 12.2 Å². The summed E-state index contributed by atoms with van der Waals surface area (Å²) in [6.45, 7) is 5.78. The summed E-state index contributed by atoms with van der Waals surface area (Å²) in [6, 6.07) is 0. The number of ether oxygens (including phenoxy) is 2. The van der Waals surface area contributed by atoms with E-state index in [1.807, 2.05) is 0 Å². The number of carbonyl (C=O) groups excluding carboxylic acids is 2. The maximum atomic E-state index is 12.5. The van der Waals surface area contributed by atoms with Crippen LogP contribution in [0.25, 0.3) is 0 Å². The third kappa shape index (κ3) is 5.34. The molecule has 0 bridgehead atoms. The van der Waals surface area contributed by atoms with Crippen molar-refractivity contribution < 1.29 is 45.4 Å². The number of nitrogens with zero attached hydrogens (tertiary/aromatic N) is 2. The quantitative estimate of drug-likeness (QED) is 0.603. The molecule has 6 nitrogen and oxygen atoms in total.